The molecule has 0 N–H and O–H groups in total. The average Bonchev–Trinajstić information content (AvgIpc) is 0. The normalized spacial score (nSPS) is 0. The van der Waals surface area contributed by atoms with E-state index in [4.69, 9.17) is 0 Å². The van der Waals surface area contributed by atoms with E-state index < -0.39 is 0 Å². The van der Waals surface area contributed by atoms with Crippen LogP contribution in [-0.4, -0.2) is 23.9 Å². The number of hydrogen-bond donors (Lipinski definition) is 0. The van der Waals surface area contributed by atoms with Gasteiger partial charge in [0.1, 0.15) is 0 Å². The van der Waals surface area contributed by atoms with Crippen LogP contribution in [0.5, 0.6) is 0 Å². The molecule has 0 aromatic rings. The van der Waals surface area contributed by atoms with Gasteiger partial charge in [0.2, 0.25) is 0 Å². The summed E-state index contributed by atoms with van der Waals surface area (Å²) in [7, 11) is 0. The Kier molecular flexibility index (Phi) is 140. The van der Waals surface area contributed by atoms with E-state index in [2.05, 4.69) is 0 Å². The van der Waals surface area contributed by atoms with Crippen LogP contribution >= 0.6 is 0 Å². The van der Waals surface area contributed by atoms with Crippen LogP contribution in [0.25, 0.3) is 0 Å². The molecule has 32 valence electrons. The monoisotopic (exact) mass is 340 g/mol. The Morgan fingerprint density at radius 2 is 1.00 bits per heavy atom. The van der Waals surface area contributed by atoms with Crippen molar-refractivity contribution < 1.29 is 54.6 Å². The molecule has 0 heterocycles. The van der Waals surface area contributed by atoms with Crippen molar-refractivity contribution in [1.29, 1.82) is 0 Å². The maximum absolute atomic E-state index is 0. The predicted octanol–water partition coefficient (Wildman–Crippen LogP) is -0.656. The third kappa shape index (κ3) is 8.82. The first-order valence-corrected chi connectivity index (χ1v) is 0. The van der Waals surface area contributed by atoms with Crippen molar-refractivity contribution in [2.75, 3.05) is 0 Å². The number of rotatable bonds is 0. The molecule has 0 aliphatic heterocycles. The first-order valence-electron chi connectivity index (χ1n) is 0. The molecular weight excluding hydrogens is 337 g/mol. The molecule has 0 amide bonds. The molecule has 4 heteroatoms. The van der Waals surface area contributed by atoms with E-state index in [1.807, 2.05) is 0 Å². The minimum atomic E-state index is 0. The molecule has 0 fully saturated rings. The summed E-state index contributed by atoms with van der Waals surface area (Å²) in [5.74, 6) is 0. The molecule has 0 unspecified atom stereocenters. The predicted molar refractivity (Wildman–Crippen MR) is 7.15 cm³/mol. The minimum absolute atomic E-state index is 0. The molecule has 0 atom stereocenters. The second-order valence-corrected chi connectivity index (χ2v) is 0. The van der Waals surface area contributed by atoms with Crippen LogP contribution in [0, 0.1) is 0 Å². The fraction of sp³-hybridized carbons (Fsp3) is 0. The van der Waals surface area contributed by atoms with Gasteiger partial charge in [-0.3, -0.25) is 0 Å². The molecule has 4 radical (unpaired) electrons. The zero-order valence-corrected chi connectivity index (χ0v) is 8.84. The van der Waals surface area contributed by atoms with Crippen molar-refractivity contribution in [3.8, 4) is 0 Å². The summed E-state index contributed by atoms with van der Waals surface area (Å²) in [6.45, 7) is 0. The summed E-state index contributed by atoms with van der Waals surface area (Å²) in [5.41, 5.74) is 0. The topological polar surface area (TPSA) is 0 Å². The molecule has 4 heavy (non-hydrogen) atoms. The Bertz CT molecular complexity index is 8.00. The Morgan fingerprint density at radius 1 is 1.00 bits per heavy atom. The van der Waals surface area contributed by atoms with Gasteiger partial charge in [0.25, 0.3) is 0 Å². The molecule has 0 spiro atoms. The van der Waals surface area contributed by atoms with Gasteiger partial charge in [-0.05, 0) is 0 Å². The van der Waals surface area contributed by atoms with Gasteiger partial charge < -0.3 is 0 Å². The molecule has 0 nitrogen and oxygen atoms in total. The van der Waals surface area contributed by atoms with Crippen LogP contribution in [0.15, 0.2) is 0 Å². The van der Waals surface area contributed by atoms with Gasteiger partial charge in [-0.15, -0.1) is 0 Å². The SMILES string of the molecule is [Cu].[Mo].[Ni].[SnH]. The van der Waals surface area contributed by atoms with E-state index in [9.17, 15) is 0 Å². The molecule has 0 aromatic carbocycles. The van der Waals surface area contributed by atoms with Gasteiger partial charge in [0.15, 0.2) is 0 Å². The molecule has 0 aliphatic rings. The van der Waals surface area contributed by atoms with Crippen molar-refractivity contribution in [3.63, 3.8) is 0 Å². The van der Waals surface area contributed by atoms with E-state index in [1.165, 1.54) is 0 Å². The quantitative estimate of drug-likeness (QED) is 0.515. The molecule has 0 rings (SSSR count). The van der Waals surface area contributed by atoms with Gasteiger partial charge in [-0.1, -0.05) is 0 Å². The Labute approximate surface area is 77.5 Å². The van der Waals surface area contributed by atoms with Crippen LogP contribution in [-0.2, 0) is 54.6 Å². The Morgan fingerprint density at radius 3 is 1.00 bits per heavy atom. The summed E-state index contributed by atoms with van der Waals surface area (Å²) in [5, 5.41) is 0. The van der Waals surface area contributed by atoms with E-state index in [1.54, 1.807) is 0 Å². The Hall–Kier alpha value is 2.50. The van der Waals surface area contributed by atoms with Gasteiger partial charge in [0, 0.05) is 54.6 Å². The fourth-order valence-electron chi connectivity index (χ4n) is 0. The summed E-state index contributed by atoms with van der Waals surface area (Å²) in [4.78, 5) is 0. The van der Waals surface area contributed by atoms with E-state index in [-0.39, 0.29) is 78.5 Å². The fourth-order valence-corrected chi connectivity index (χ4v) is 0. The van der Waals surface area contributed by atoms with Gasteiger partial charge >= 0.3 is 23.9 Å². The van der Waals surface area contributed by atoms with Crippen LogP contribution in [0.2, 0.25) is 0 Å². The summed E-state index contributed by atoms with van der Waals surface area (Å²) >= 11 is 0. The van der Waals surface area contributed by atoms with Crippen LogP contribution < -0.4 is 0 Å². The first kappa shape index (κ1) is 31.5. The first-order chi connectivity index (χ1) is 0. The number of hydrogen-bond acceptors (Lipinski definition) is 0. The molecular formula is HCuMoNiSn. The molecule has 0 bridgehead atoms. The van der Waals surface area contributed by atoms with Crippen LogP contribution in [0.3, 0.4) is 0 Å². The zero-order chi connectivity index (χ0) is 0. The van der Waals surface area contributed by atoms with Crippen molar-refractivity contribution in [2.45, 2.75) is 0 Å². The standard InChI is InChI=1S/Cu.Mo.Ni.Sn.H. The van der Waals surface area contributed by atoms with Crippen molar-refractivity contribution in [2.24, 2.45) is 0 Å². The van der Waals surface area contributed by atoms with Gasteiger partial charge in [0.05, 0.1) is 0 Å². The third-order valence-electron chi connectivity index (χ3n) is 0. The average molecular weight is 338 g/mol. The summed E-state index contributed by atoms with van der Waals surface area (Å²) in [6.07, 6.45) is 0. The Balaban J connectivity index is 0. The van der Waals surface area contributed by atoms with Crippen molar-refractivity contribution in [1.82, 2.24) is 0 Å². The van der Waals surface area contributed by atoms with Crippen molar-refractivity contribution in [3.05, 3.63) is 0 Å². The summed E-state index contributed by atoms with van der Waals surface area (Å²) < 4.78 is 0. The van der Waals surface area contributed by atoms with E-state index in [0.717, 1.165) is 0 Å². The maximum atomic E-state index is 0. The summed E-state index contributed by atoms with van der Waals surface area (Å²) in [6, 6.07) is 0. The van der Waals surface area contributed by atoms with Gasteiger partial charge in [-0.25, -0.2) is 0 Å². The second-order valence-electron chi connectivity index (χ2n) is 0. The molecule has 0 saturated heterocycles. The van der Waals surface area contributed by atoms with E-state index >= 15 is 0 Å². The molecule has 0 saturated carbocycles. The van der Waals surface area contributed by atoms with E-state index in [0.29, 0.717) is 0 Å². The molecule has 0 aromatic heterocycles. The van der Waals surface area contributed by atoms with Gasteiger partial charge in [-0.2, -0.15) is 0 Å². The third-order valence-corrected chi connectivity index (χ3v) is 0. The second kappa shape index (κ2) is 17.8. The molecule has 0 aliphatic carbocycles. The zero-order valence-electron chi connectivity index (χ0n) is 1.60. The van der Waals surface area contributed by atoms with Crippen molar-refractivity contribution >= 4 is 23.9 Å². The van der Waals surface area contributed by atoms with Crippen LogP contribution in [0.1, 0.15) is 0 Å². The van der Waals surface area contributed by atoms with Crippen LogP contribution in [0.4, 0.5) is 0 Å².